The molecule has 120 valence electrons. The van der Waals surface area contributed by atoms with Gasteiger partial charge in [0.2, 0.25) is 0 Å². The van der Waals surface area contributed by atoms with Crippen LogP contribution in [0.1, 0.15) is 19.3 Å². The van der Waals surface area contributed by atoms with Gasteiger partial charge < -0.3 is 24.9 Å². The summed E-state index contributed by atoms with van der Waals surface area (Å²) in [6.07, 6.45) is 1.19. The van der Waals surface area contributed by atoms with Crippen LogP contribution in [0.5, 0.6) is 0 Å². The molecule has 7 heteroatoms. The van der Waals surface area contributed by atoms with Crippen LogP contribution < -0.4 is 40.0 Å². The zero-order valence-electron chi connectivity index (χ0n) is 13.7. The monoisotopic (exact) mass is 328 g/mol. The van der Waals surface area contributed by atoms with Crippen molar-refractivity contribution >= 4 is 17.6 Å². The fourth-order valence-electron chi connectivity index (χ4n) is 2.69. The number of para-hydroxylation sites is 1. The summed E-state index contributed by atoms with van der Waals surface area (Å²) in [6.45, 7) is 1.79. The number of rotatable bonds is 6. The molecule has 0 aliphatic carbocycles. The summed E-state index contributed by atoms with van der Waals surface area (Å²) in [7, 11) is 1.36. The number of piperidine rings is 1. The average molecular weight is 328 g/mol. The minimum atomic E-state index is -1.08. The summed E-state index contributed by atoms with van der Waals surface area (Å²) < 4.78 is 4.62. The van der Waals surface area contributed by atoms with E-state index < -0.39 is 11.5 Å². The van der Waals surface area contributed by atoms with Crippen molar-refractivity contribution < 1.29 is 49.0 Å². The molecule has 1 aliphatic rings. The first-order valence-corrected chi connectivity index (χ1v) is 7.39. The topological polar surface area (TPSA) is 81.7 Å². The number of carboxylic acids is 1. The molecule has 0 bridgehead atoms. The van der Waals surface area contributed by atoms with Gasteiger partial charge in [-0.25, -0.2) is 0 Å². The van der Waals surface area contributed by atoms with Crippen LogP contribution in [0.15, 0.2) is 30.3 Å². The van der Waals surface area contributed by atoms with Gasteiger partial charge in [0.05, 0.1) is 25.0 Å². The van der Waals surface area contributed by atoms with Gasteiger partial charge in [0.1, 0.15) is 0 Å². The van der Waals surface area contributed by atoms with Crippen molar-refractivity contribution in [2.45, 2.75) is 24.8 Å². The molecule has 2 rings (SSSR count). The Balaban J connectivity index is 0.00000264. The Morgan fingerprint density at radius 3 is 2.39 bits per heavy atom. The van der Waals surface area contributed by atoms with E-state index in [9.17, 15) is 14.7 Å². The molecule has 23 heavy (non-hydrogen) atoms. The van der Waals surface area contributed by atoms with Crippen molar-refractivity contribution in [3.05, 3.63) is 30.3 Å². The maximum Gasteiger partial charge on any atom is 1.00 e. The van der Waals surface area contributed by atoms with Crippen molar-refractivity contribution in [1.82, 2.24) is 4.90 Å². The second-order valence-electron chi connectivity index (χ2n) is 5.53. The SMILES string of the molecule is COC(=O)CCN1CCC(Nc2ccccc2)(C(=O)[O-])CC1.[Na+]. The fraction of sp³-hybridized carbons (Fsp3) is 0.500. The number of benzene rings is 1. The van der Waals surface area contributed by atoms with Crippen LogP contribution in [-0.4, -0.2) is 49.1 Å². The minimum Gasteiger partial charge on any atom is -0.548 e. The third-order valence-electron chi connectivity index (χ3n) is 4.12. The Morgan fingerprint density at radius 1 is 1.26 bits per heavy atom. The molecule has 0 saturated carbocycles. The summed E-state index contributed by atoms with van der Waals surface area (Å²) >= 11 is 0. The van der Waals surface area contributed by atoms with Crippen LogP contribution in [0.3, 0.4) is 0 Å². The summed E-state index contributed by atoms with van der Waals surface area (Å²) in [6, 6.07) is 9.28. The minimum absolute atomic E-state index is 0. The van der Waals surface area contributed by atoms with Gasteiger partial charge in [0.15, 0.2) is 0 Å². The molecule has 1 aromatic carbocycles. The number of carboxylic acid groups (broad SMARTS) is 1. The number of carbonyl (C=O) groups is 2. The van der Waals surface area contributed by atoms with Gasteiger partial charge in [-0.05, 0) is 25.0 Å². The van der Waals surface area contributed by atoms with Crippen LogP contribution in [0.2, 0.25) is 0 Å². The molecular weight excluding hydrogens is 307 g/mol. The van der Waals surface area contributed by atoms with Gasteiger partial charge >= 0.3 is 35.5 Å². The van der Waals surface area contributed by atoms with E-state index in [1.807, 2.05) is 30.3 Å². The van der Waals surface area contributed by atoms with E-state index in [1.54, 1.807) is 0 Å². The van der Waals surface area contributed by atoms with Crippen molar-refractivity contribution in [3.8, 4) is 0 Å². The van der Waals surface area contributed by atoms with Gasteiger partial charge in [-0.2, -0.15) is 0 Å². The van der Waals surface area contributed by atoms with Crippen LogP contribution in [-0.2, 0) is 14.3 Å². The average Bonchev–Trinajstić information content (AvgIpc) is 2.54. The largest absolute Gasteiger partial charge is 1.00 e. The number of nitrogens with zero attached hydrogens (tertiary/aromatic N) is 1. The van der Waals surface area contributed by atoms with Gasteiger partial charge in [-0.1, -0.05) is 18.2 Å². The number of nitrogens with one attached hydrogen (secondary N) is 1. The number of anilines is 1. The van der Waals surface area contributed by atoms with Gasteiger partial charge in [-0.15, -0.1) is 0 Å². The molecule has 0 unspecified atom stereocenters. The smallest absolute Gasteiger partial charge is 0.548 e. The quantitative estimate of drug-likeness (QED) is 0.450. The molecular formula is C16H21N2NaO4. The number of carbonyl (C=O) groups excluding carboxylic acids is 2. The first-order valence-electron chi connectivity index (χ1n) is 7.39. The van der Waals surface area contributed by atoms with Crippen molar-refractivity contribution in [2.24, 2.45) is 0 Å². The summed E-state index contributed by atoms with van der Waals surface area (Å²) in [5, 5.41) is 14.7. The second-order valence-corrected chi connectivity index (χ2v) is 5.53. The second kappa shape index (κ2) is 9.27. The Bertz CT molecular complexity index is 516. The maximum atomic E-state index is 11.6. The predicted molar refractivity (Wildman–Crippen MR) is 80.1 cm³/mol. The number of hydrogen-bond acceptors (Lipinski definition) is 6. The van der Waals surface area contributed by atoms with Gasteiger partial charge in [0.25, 0.3) is 0 Å². The Labute approximate surface area is 158 Å². The number of aliphatic carboxylic acids is 1. The molecule has 1 aromatic rings. The summed E-state index contributed by atoms with van der Waals surface area (Å²) in [5.41, 5.74) is -0.280. The van der Waals surface area contributed by atoms with E-state index in [1.165, 1.54) is 7.11 Å². The third-order valence-corrected chi connectivity index (χ3v) is 4.12. The number of likely N-dealkylation sites (tertiary alicyclic amines) is 1. The fourth-order valence-corrected chi connectivity index (χ4v) is 2.69. The number of methoxy groups -OCH3 is 1. The van der Waals surface area contributed by atoms with Crippen molar-refractivity contribution in [1.29, 1.82) is 0 Å². The normalized spacial score (nSPS) is 16.9. The Kier molecular flexibility index (Phi) is 8.05. The van der Waals surface area contributed by atoms with Crippen molar-refractivity contribution in [3.63, 3.8) is 0 Å². The predicted octanol–water partition coefficient (Wildman–Crippen LogP) is -2.75. The molecule has 1 saturated heterocycles. The van der Waals surface area contributed by atoms with E-state index in [0.717, 1.165) is 5.69 Å². The number of ether oxygens (including phenoxy) is 1. The van der Waals surface area contributed by atoms with E-state index in [4.69, 9.17) is 0 Å². The molecule has 0 spiro atoms. The first kappa shape index (κ1) is 20.0. The maximum absolute atomic E-state index is 11.6. The number of esters is 1. The third kappa shape index (κ3) is 5.49. The first-order chi connectivity index (χ1) is 10.6. The molecule has 1 aliphatic heterocycles. The standard InChI is InChI=1S/C16H22N2O4.Na/c1-22-14(19)7-10-18-11-8-16(9-12-18,15(20)21)17-13-5-3-2-4-6-13;/h2-6,17H,7-12H2,1H3,(H,20,21);/q;+1/p-1. The van der Waals surface area contributed by atoms with Crippen LogP contribution in [0, 0.1) is 0 Å². The van der Waals surface area contributed by atoms with E-state index >= 15 is 0 Å². The summed E-state index contributed by atoms with van der Waals surface area (Å²) in [5.74, 6) is -1.33. The molecule has 1 fully saturated rings. The molecule has 0 aromatic heterocycles. The molecule has 6 nitrogen and oxygen atoms in total. The van der Waals surface area contributed by atoms with E-state index in [0.29, 0.717) is 38.9 Å². The zero-order valence-corrected chi connectivity index (χ0v) is 15.7. The molecule has 0 radical (unpaired) electrons. The Hall–Kier alpha value is -1.08. The summed E-state index contributed by atoms with van der Waals surface area (Å²) in [4.78, 5) is 24.9. The number of hydrogen-bond donors (Lipinski definition) is 1. The van der Waals surface area contributed by atoms with Gasteiger partial charge in [-0.3, -0.25) is 4.79 Å². The van der Waals surface area contributed by atoms with Crippen LogP contribution in [0.4, 0.5) is 5.69 Å². The molecule has 1 N–H and O–H groups in total. The van der Waals surface area contributed by atoms with Crippen LogP contribution in [0.25, 0.3) is 0 Å². The molecule has 1 heterocycles. The van der Waals surface area contributed by atoms with Gasteiger partial charge in [0, 0.05) is 25.3 Å². The van der Waals surface area contributed by atoms with E-state index in [2.05, 4.69) is 15.0 Å². The van der Waals surface area contributed by atoms with E-state index in [-0.39, 0.29) is 35.5 Å². The molecule has 0 amide bonds. The zero-order chi connectivity index (χ0) is 16.0. The molecule has 0 atom stereocenters. The van der Waals surface area contributed by atoms with Crippen molar-refractivity contribution in [2.75, 3.05) is 32.1 Å². The Morgan fingerprint density at radius 2 is 1.87 bits per heavy atom. The van der Waals surface area contributed by atoms with Crippen LogP contribution >= 0.6 is 0 Å².